The second-order valence-corrected chi connectivity index (χ2v) is 2.35. The molecule has 1 N–H and O–H groups in total. The maximum atomic E-state index is 10.7. The van der Waals surface area contributed by atoms with Crippen LogP contribution in [0.3, 0.4) is 0 Å². The lowest BCUT2D eigenvalue weighted by Crippen LogP contribution is -2.16. The molecule has 0 radical (unpaired) electrons. The zero-order chi connectivity index (χ0) is 9.23. The summed E-state index contributed by atoms with van der Waals surface area (Å²) < 4.78 is 5.08. The van der Waals surface area contributed by atoms with Crippen LogP contribution in [0.5, 0.6) is 0 Å². The Balaban J connectivity index is 3.60. The van der Waals surface area contributed by atoms with Gasteiger partial charge in [-0.1, -0.05) is 41.4 Å². The molecule has 0 fully saturated rings. The summed E-state index contributed by atoms with van der Waals surface area (Å²) in [6.07, 6.45) is 2.26. The second kappa shape index (κ2) is 8.22. The summed E-state index contributed by atoms with van der Waals surface area (Å²) >= 11 is 2.08. The van der Waals surface area contributed by atoms with Gasteiger partial charge in [-0.25, -0.2) is 10.1 Å². The summed E-state index contributed by atoms with van der Waals surface area (Å²) in [4.78, 5) is 10.7. The maximum absolute atomic E-state index is 10.7. The first-order valence-electron chi connectivity index (χ1n) is 3.29. The molecule has 0 spiro atoms. The van der Waals surface area contributed by atoms with E-state index in [1.54, 1.807) is 0 Å². The molecule has 0 aromatic rings. The Morgan fingerprint density at radius 3 is 2.92 bits per heavy atom. The number of hydrogen-bond donors (Lipinski definition) is 1. The number of halogens is 1. The topological polar surface area (TPSA) is 38.3 Å². The highest BCUT2D eigenvalue weighted by Crippen LogP contribution is 1.76. The molecular weight excluding hydrogens is 269 g/mol. The van der Waals surface area contributed by atoms with Gasteiger partial charge in [-0.3, -0.25) is 0 Å². The van der Waals surface area contributed by atoms with Crippen LogP contribution < -0.4 is 5.32 Å². The number of alkyl halides is 1. The normalized spacial score (nSPS) is 6.83. The highest BCUT2D eigenvalue weighted by atomic mass is 127. The first-order chi connectivity index (χ1) is 5.81. The Hall–Kier alpha value is -0.880. The number of nitrogens with one attached hydrogen (secondary N) is 1. The molecule has 0 rings (SSSR count). The van der Waals surface area contributed by atoms with E-state index >= 15 is 0 Å². The maximum Gasteiger partial charge on any atom is 0.432 e. The van der Waals surface area contributed by atoms with E-state index < -0.39 is 6.09 Å². The second-order valence-electron chi connectivity index (χ2n) is 1.58. The average Bonchev–Trinajstić information content (AvgIpc) is 2.06. The monoisotopic (exact) mass is 277 g/mol. The van der Waals surface area contributed by atoms with Gasteiger partial charge in [-0.05, 0) is 0 Å². The van der Waals surface area contributed by atoms with Crippen molar-refractivity contribution in [1.82, 2.24) is 5.32 Å². The minimum Gasteiger partial charge on any atom is -0.355 e. The Labute approximate surface area is 85.4 Å². The third-order valence-corrected chi connectivity index (χ3v) is 1.09. The van der Waals surface area contributed by atoms with Crippen molar-refractivity contribution in [3.8, 4) is 24.0 Å². The van der Waals surface area contributed by atoms with Crippen LogP contribution in [0.15, 0.2) is 0 Å². The number of ether oxygens (including phenoxy) is 1. The standard InChI is InChI=1S/C8H8INO2/c1-2-3-7-12-8(11)10-6-4-5-9/h2,5H2,1H3,(H,10,11). The van der Waals surface area contributed by atoms with E-state index in [1.807, 2.05) is 6.92 Å². The van der Waals surface area contributed by atoms with Crippen molar-refractivity contribution in [3.05, 3.63) is 0 Å². The minimum atomic E-state index is -0.631. The Bertz CT molecular complexity index is 228. The molecule has 4 heteroatoms. The molecule has 0 saturated carbocycles. The molecule has 0 bridgehead atoms. The van der Waals surface area contributed by atoms with Crippen molar-refractivity contribution < 1.29 is 9.53 Å². The van der Waals surface area contributed by atoms with Gasteiger partial charge in [0.05, 0.1) is 4.43 Å². The summed E-state index contributed by atoms with van der Waals surface area (Å²) in [5.74, 6) is 5.23. The largest absolute Gasteiger partial charge is 0.432 e. The number of carbonyl (C=O) groups excluding carboxylic acids is 1. The van der Waals surface area contributed by atoms with Crippen LogP contribution in [-0.2, 0) is 4.74 Å². The first-order valence-corrected chi connectivity index (χ1v) is 4.82. The zero-order valence-electron chi connectivity index (χ0n) is 6.61. The van der Waals surface area contributed by atoms with E-state index in [0.29, 0.717) is 10.8 Å². The van der Waals surface area contributed by atoms with Crippen LogP contribution in [0, 0.1) is 24.0 Å². The third-order valence-electron chi connectivity index (χ3n) is 0.712. The van der Waals surface area contributed by atoms with Crippen molar-refractivity contribution >= 4 is 28.7 Å². The van der Waals surface area contributed by atoms with Gasteiger partial charge in [0.1, 0.15) is 6.11 Å². The van der Waals surface area contributed by atoms with Gasteiger partial charge in [0.2, 0.25) is 0 Å². The molecule has 0 unspecified atom stereocenters. The number of alkyl carbamates (subject to hydrolysis) is 1. The predicted molar refractivity (Wildman–Crippen MR) is 54.3 cm³/mol. The fourth-order valence-corrected chi connectivity index (χ4v) is 0.499. The first kappa shape index (κ1) is 11.1. The molecule has 12 heavy (non-hydrogen) atoms. The molecule has 0 aliphatic rings. The molecule has 0 heterocycles. The van der Waals surface area contributed by atoms with E-state index in [9.17, 15) is 4.79 Å². The van der Waals surface area contributed by atoms with E-state index in [4.69, 9.17) is 0 Å². The third kappa shape index (κ3) is 7.23. The van der Waals surface area contributed by atoms with Crippen molar-refractivity contribution in [2.75, 3.05) is 4.43 Å². The number of carbonyl (C=O) groups is 1. The lowest BCUT2D eigenvalue weighted by Gasteiger charge is -1.89. The zero-order valence-corrected chi connectivity index (χ0v) is 8.77. The van der Waals surface area contributed by atoms with Crippen molar-refractivity contribution in [2.45, 2.75) is 13.3 Å². The quantitative estimate of drug-likeness (QED) is 0.315. The summed E-state index contributed by atoms with van der Waals surface area (Å²) in [7, 11) is 0. The smallest absolute Gasteiger partial charge is 0.355 e. The van der Waals surface area contributed by atoms with Crippen LogP contribution in [0.4, 0.5) is 4.79 Å². The highest BCUT2D eigenvalue weighted by molar-refractivity contribution is 14.1. The number of rotatable bonds is 0. The van der Waals surface area contributed by atoms with Gasteiger partial charge in [0.25, 0.3) is 0 Å². The summed E-state index contributed by atoms with van der Waals surface area (Å²) in [6.45, 7) is 1.87. The van der Waals surface area contributed by atoms with E-state index in [1.165, 1.54) is 0 Å². The molecular formula is C8H8INO2. The molecule has 0 aliphatic carbocycles. The van der Waals surface area contributed by atoms with E-state index in [2.05, 4.69) is 56.6 Å². The van der Waals surface area contributed by atoms with Crippen LogP contribution >= 0.6 is 22.6 Å². The van der Waals surface area contributed by atoms with Crippen LogP contribution in [0.1, 0.15) is 13.3 Å². The highest BCUT2D eigenvalue weighted by Gasteiger charge is 1.93. The van der Waals surface area contributed by atoms with Gasteiger partial charge in [0.15, 0.2) is 0 Å². The van der Waals surface area contributed by atoms with Crippen molar-refractivity contribution in [2.24, 2.45) is 0 Å². The number of hydrogen-bond acceptors (Lipinski definition) is 2. The summed E-state index contributed by atoms with van der Waals surface area (Å²) in [5, 5.41) is 2.21. The summed E-state index contributed by atoms with van der Waals surface area (Å²) in [5.41, 5.74) is 0. The van der Waals surface area contributed by atoms with Gasteiger partial charge in [-0.2, -0.15) is 0 Å². The lowest BCUT2D eigenvalue weighted by atomic mass is 10.5. The SMILES string of the molecule is CCC#COC(=O)NC#CCI. The fourth-order valence-electron chi connectivity index (χ4n) is 0.309. The van der Waals surface area contributed by atoms with E-state index in [0.717, 1.165) is 0 Å². The molecule has 0 saturated heterocycles. The molecule has 0 aromatic carbocycles. The average molecular weight is 277 g/mol. The predicted octanol–water partition coefficient (Wildman–Crippen LogP) is 1.48. The van der Waals surface area contributed by atoms with Crippen LogP contribution in [0.2, 0.25) is 0 Å². The lowest BCUT2D eigenvalue weighted by molar-refractivity contribution is 0.196. The molecule has 1 amide bonds. The fraction of sp³-hybridized carbons (Fsp3) is 0.375. The van der Waals surface area contributed by atoms with Crippen molar-refractivity contribution in [3.63, 3.8) is 0 Å². The van der Waals surface area contributed by atoms with Gasteiger partial charge in [0, 0.05) is 12.5 Å². The van der Waals surface area contributed by atoms with Crippen LogP contribution in [0.25, 0.3) is 0 Å². The molecule has 0 aliphatic heterocycles. The van der Waals surface area contributed by atoms with Gasteiger partial charge >= 0.3 is 6.09 Å². The molecule has 3 nitrogen and oxygen atoms in total. The molecule has 64 valence electrons. The Morgan fingerprint density at radius 1 is 1.58 bits per heavy atom. The molecule has 0 atom stereocenters. The van der Waals surface area contributed by atoms with Gasteiger partial charge in [-0.15, -0.1) is 0 Å². The Morgan fingerprint density at radius 2 is 2.33 bits per heavy atom. The number of amides is 1. The van der Waals surface area contributed by atoms with E-state index in [-0.39, 0.29) is 0 Å². The minimum absolute atomic E-state index is 0.631. The Kier molecular flexibility index (Phi) is 7.62. The summed E-state index contributed by atoms with van der Waals surface area (Å²) in [6, 6.07) is 2.41. The molecule has 0 aromatic heterocycles. The van der Waals surface area contributed by atoms with Crippen molar-refractivity contribution in [1.29, 1.82) is 0 Å². The van der Waals surface area contributed by atoms with Gasteiger partial charge < -0.3 is 4.74 Å². The van der Waals surface area contributed by atoms with Crippen LogP contribution in [-0.4, -0.2) is 10.5 Å².